The summed E-state index contributed by atoms with van der Waals surface area (Å²) in [4.78, 5) is 39.2. The van der Waals surface area contributed by atoms with Gasteiger partial charge in [-0.3, -0.25) is 14.2 Å². The van der Waals surface area contributed by atoms with Gasteiger partial charge in [-0.25, -0.2) is 0 Å². The van der Waals surface area contributed by atoms with E-state index in [-0.39, 0.29) is 13.2 Å². The highest BCUT2D eigenvalue weighted by molar-refractivity contribution is 6.26. The first-order valence-electron chi connectivity index (χ1n) is 14.4. The van der Waals surface area contributed by atoms with Gasteiger partial charge < -0.3 is 13.9 Å². The summed E-state index contributed by atoms with van der Waals surface area (Å²) < 4.78 is 52.8. The third-order valence-corrected chi connectivity index (χ3v) is 8.87. The first-order chi connectivity index (χ1) is 21.5. The van der Waals surface area contributed by atoms with Crippen LogP contribution in [-0.4, -0.2) is 23.1 Å². The Balaban J connectivity index is 1.31. The molecular weight excluding hydrogens is 583 g/mol. The molecule has 0 saturated heterocycles. The highest BCUT2D eigenvalue weighted by Crippen LogP contribution is 2.39. The number of aromatic nitrogens is 1. The molecule has 45 heavy (non-hydrogen) atoms. The van der Waals surface area contributed by atoms with Crippen molar-refractivity contribution in [3.63, 3.8) is 0 Å². The van der Waals surface area contributed by atoms with Crippen LogP contribution in [-0.2, 0) is 22.3 Å². The smallest absolute Gasteiger partial charge is 0.416 e. The summed E-state index contributed by atoms with van der Waals surface area (Å²) in [5.74, 6) is -0.477. The van der Waals surface area contributed by atoms with Gasteiger partial charge in [-0.1, -0.05) is 48.1 Å². The van der Waals surface area contributed by atoms with Crippen molar-refractivity contribution < 1.29 is 27.1 Å². The van der Waals surface area contributed by atoms with Gasteiger partial charge in [0.2, 0.25) is 0 Å². The molecule has 0 amide bonds. The minimum absolute atomic E-state index is 0.00427. The van der Waals surface area contributed by atoms with Gasteiger partial charge in [-0.15, -0.1) is 0 Å². The third-order valence-electron chi connectivity index (χ3n) is 8.87. The van der Waals surface area contributed by atoms with E-state index in [1.807, 2.05) is 31.2 Å². The molecule has 2 heterocycles. The zero-order valence-electron chi connectivity index (χ0n) is 24.3. The van der Waals surface area contributed by atoms with E-state index in [4.69, 9.17) is 9.15 Å². The van der Waals surface area contributed by atoms with E-state index in [0.29, 0.717) is 49.2 Å². The average Bonchev–Trinajstić information content (AvgIpc) is 3.02. The van der Waals surface area contributed by atoms with Crippen LogP contribution in [0, 0.1) is 5.92 Å². The summed E-state index contributed by atoms with van der Waals surface area (Å²) >= 11 is 0. The number of alkyl halides is 3. The van der Waals surface area contributed by atoms with Crippen LogP contribution >= 0.6 is 0 Å². The van der Waals surface area contributed by atoms with Crippen LogP contribution in [0.3, 0.4) is 0 Å². The fraction of sp³-hybridized carbons (Fsp3) is 0.194. The SMILES string of the molecule is CC1=CC=CC(C)(OCCn2c(=O)c3ccc4oc5ccc(-c6ccc(C(F)(F)F)cc6)cc5c5ccc(c2=O)c3c45)C1C=O. The summed E-state index contributed by atoms with van der Waals surface area (Å²) in [6.07, 6.45) is 1.90. The van der Waals surface area contributed by atoms with Gasteiger partial charge in [0.15, 0.2) is 0 Å². The Morgan fingerprint density at radius 1 is 0.867 bits per heavy atom. The second-order valence-corrected chi connectivity index (χ2v) is 11.6. The molecule has 0 radical (unpaired) electrons. The first-order valence-corrected chi connectivity index (χ1v) is 14.4. The third kappa shape index (κ3) is 4.57. The van der Waals surface area contributed by atoms with Crippen molar-refractivity contribution in [2.45, 2.75) is 32.2 Å². The number of hydrogen-bond donors (Lipinski definition) is 0. The fourth-order valence-corrected chi connectivity index (χ4v) is 6.48. The van der Waals surface area contributed by atoms with E-state index in [2.05, 4.69) is 0 Å². The van der Waals surface area contributed by atoms with Crippen molar-refractivity contribution in [1.29, 1.82) is 0 Å². The fourth-order valence-electron chi connectivity index (χ4n) is 6.48. The molecule has 2 unspecified atom stereocenters. The Morgan fingerprint density at radius 3 is 2.20 bits per heavy atom. The van der Waals surface area contributed by atoms with Crippen molar-refractivity contribution in [3.05, 3.63) is 117 Å². The van der Waals surface area contributed by atoms with Crippen LogP contribution in [0.2, 0.25) is 0 Å². The number of fused-ring (bicyclic) bond motifs is 2. The number of halogens is 3. The second kappa shape index (κ2) is 10.3. The molecule has 4 aromatic carbocycles. The van der Waals surface area contributed by atoms with Gasteiger partial charge in [0, 0.05) is 26.9 Å². The number of nitrogens with zero attached hydrogens (tertiary/aromatic N) is 1. The molecule has 0 N–H and O–H groups in total. The number of benzene rings is 4. The molecule has 2 atom stereocenters. The van der Waals surface area contributed by atoms with Gasteiger partial charge in [0.25, 0.3) is 11.1 Å². The molecule has 6 nitrogen and oxygen atoms in total. The molecule has 1 aliphatic rings. The number of carbonyl (C=O) groups excluding carboxylic acids is 1. The Kier molecular flexibility index (Phi) is 6.56. The van der Waals surface area contributed by atoms with Crippen molar-refractivity contribution >= 4 is 49.8 Å². The highest BCUT2D eigenvalue weighted by Gasteiger charge is 2.35. The van der Waals surface area contributed by atoms with E-state index >= 15 is 0 Å². The van der Waals surface area contributed by atoms with Crippen LogP contribution in [0.4, 0.5) is 13.2 Å². The van der Waals surface area contributed by atoms with E-state index < -0.39 is 34.4 Å². The molecule has 2 aromatic heterocycles. The first kappa shape index (κ1) is 28.7. The lowest BCUT2D eigenvalue weighted by Crippen LogP contribution is -2.41. The van der Waals surface area contributed by atoms with Crippen LogP contribution < -0.4 is 11.1 Å². The summed E-state index contributed by atoms with van der Waals surface area (Å²) in [5, 5.41) is 3.26. The minimum atomic E-state index is -4.43. The molecule has 0 saturated carbocycles. The molecule has 0 spiro atoms. The number of rotatable bonds is 6. The molecule has 226 valence electrons. The minimum Gasteiger partial charge on any atom is -0.456 e. The summed E-state index contributed by atoms with van der Waals surface area (Å²) in [5.41, 5.74) is 0.661. The van der Waals surface area contributed by atoms with Crippen molar-refractivity contribution in [2.75, 3.05) is 6.61 Å². The van der Waals surface area contributed by atoms with Crippen LogP contribution in [0.25, 0.3) is 54.6 Å². The van der Waals surface area contributed by atoms with E-state index in [0.717, 1.165) is 33.9 Å². The molecule has 9 heteroatoms. The predicted octanol–water partition coefficient (Wildman–Crippen LogP) is 7.64. The van der Waals surface area contributed by atoms with Crippen LogP contribution in [0.15, 0.2) is 105 Å². The molecule has 0 fully saturated rings. The number of hydrogen-bond acceptors (Lipinski definition) is 5. The molecular formula is C36H26F3NO5. The zero-order chi connectivity index (χ0) is 31.7. The standard InChI is InChI=1S/C36H26F3NO5/c1-20-4-3-15-35(2,28(20)19-41)44-17-16-40-33(42)25-11-10-24-27-18-22(21-5-8-23(9-6-21)36(37,38)39)7-13-29(27)45-30-14-12-26(34(40)43)31(25)32(24)30/h3-15,18-19,28H,16-17H2,1-2H3. The number of ether oxygens (including phenoxy) is 1. The normalized spacial score (nSPS) is 18.8. The Bertz CT molecular complexity index is 2300. The largest absolute Gasteiger partial charge is 0.456 e. The van der Waals surface area contributed by atoms with Gasteiger partial charge in [0.1, 0.15) is 17.5 Å². The lowest BCUT2D eigenvalue weighted by atomic mass is 9.81. The predicted molar refractivity (Wildman–Crippen MR) is 168 cm³/mol. The number of allylic oxidation sites excluding steroid dienone is 2. The van der Waals surface area contributed by atoms with Gasteiger partial charge in [-0.05, 0) is 72.8 Å². The van der Waals surface area contributed by atoms with Gasteiger partial charge in [0.05, 0.1) is 30.2 Å². The maximum Gasteiger partial charge on any atom is 0.416 e. The molecule has 0 bridgehead atoms. The molecule has 6 aromatic rings. The molecule has 7 rings (SSSR count). The van der Waals surface area contributed by atoms with Gasteiger partial charge in [-0.2, -0.15) is 13.2 Å². The van der Waals surface area contributed by atoms with Crippen molar-refractivity contribution in [2.24, 2.45) is 5.92 Å². The van der Waals surface area contributed by atoms with Crippen LogP contribution in [0.5, 0.6) is 0 Å². The lowest BCUT2D eigenvalue weighted by Gasteiger charge is -2.34. The number of carbonyl (C=O) groups is 1. The maximum absolute atomic E-state index is 13.7. The topological polar surface area (TPSA) is 78.5 Å². The van der Waals surface area contributed by atoms with Gasteiger partial charge >= 0.3 is 6.18 Å². The Labute approximate surface area is 254 Å². The Hall–Kier alpha value is -5.02. The van der Waals surface area contributed by atoms with Crippen LogP contribution in [0.1, 0.15) is 19.4 Å². The quantitative estimate of drug-likeness (QED) is 0.110. The second-order valence-electron chi connectivity index (χ2n) is 11.6. The summed E-state index contributed by atoms with van der Waals surface area (Å²) in [6.45, 7) is 3.69. The van der Waals surface area contributed by atoms with E-state index in [9.17, 15) is 27.6 Å². The molecule has 1 aliphatic carbocycles. The monoisotopic (exact) mass is 609 g/mol. The lowest BCUT2D eigenvalue weighted by molar-refractivity contribution is -0.137. The Morgan fingerprint density at radius 2 is 1.51 bits per heavy atom. The number of pyridine rings is 1. The van der Waals surface area contributed by atoms with Crippen molar-refractivity contribution in [3.8, 4) is 11.1 Å². The van der Waals surface area contributed by atoms with E-state index in [1.54, 1.807) is 43.3 Å². The van der Waals surface area contributed by atoms with E-state index in [1.165, 1.54) is 12.1 Å². The average molecular weight is 610 g/mol. The maximum atomic E-state index is 13.7. The number of aldehydes is 1. The summed E-state index contributed by atoms with van der Waals surface area (Å²) in [6, 6.07) is 17.2. The summed E-state index contributed by atoms with van der Waals surface area (Å²) in [7, 11) is 0. The molecule has 0 aliphatic heterocycles. The zero-order valence-corrected chi connectivity index (χ0v) is 24.3. The highest BCUT2D eigenvalue weighted by atomic mass is 19.4. The van der Waals surface area contributed by atoms with Crippen molar-refractivity contribution in [1.82, 2.24) is 4.57 Å².